The van der Waals surface area contributed by atoms with Crippen molar-refractivity contribution >= 4 is 33.5 Å². The fraction of sp³-hybridized carbons (Fsp3) is 0.167. The van der Waals surface area contributed by atoms with Gasteiger partial charge in [-0.05, 0) is 54.2 Å². The van der Waals surface area contributed by atoms with Gasteiger partial charge in [0.05, 0.1) is 29.0 Å². The fourth-order valence-electron chi connectivity index (χ4n) is 2.73. The molecule has 0 saturated heterocycles. The zero-order valence-electron chi connectivity index (χ0n) is 26.0. The van der Waals surface area contributed by atoms with Crippen LogP contribution in [0, 0.1) is 6.85 Å². The summed E-state index contributed by atoms with van der Waals surface area (Å²) in [4.78, 5) is 15.4. The predicted molar refractivity (Wildman–Crippen MR) is 120 cm³/mol. The summed E-state index contributed by atoms with van der Waals surface area (Å²) in [6.45, 7) is -5.47. The van der Waals surface area contributed by atoms with Gasteiger partial charge in [0.25, 0.3) is 0 Å². The molecule has 4 rings (SSSR count). The largest absolute Gasteiger partial charge is 0.493 e. The average molecular weight is 446 g/mol. The Bertz CT molecular complexity index is 1660. The number of aryl methyl sites for hydroxylation is 2. The number of ether oxygens (including phenoxy) is 2. The molecule has 0 bridgehead atoms. The molecule has 6 nitrogen and oxygen atoms in total. The van der Waals surface area contributed by atoms with Crippen LogP contribution in [0.5, 0.6) is 5.75 Å². The number of thiophene rings is 1. The average Bonchev–Trinajstić information content (AvgIpc) is 3.53. The van der Waals surface area contributed by atoms with Gasteiger partial charge in [0, 0.05) is 26.2 Å². The molecule has 0 radical (unpaired) electrons. The number of carboxylic acid groups (broad SMARTS) is 1. The number of fused-ring (bicyclic) bond motifs is 1. The number of carboxylic acids is 1. The van der Waals surface area contributed by atoms with Gasteiger partial charge < -0.3 is 19.0 Å². The molecule has 0 amide bonds. The van der Waals surface area contributed by atoms with Crippen LogP contribution in [0.15, 0.2) is 64.0 Å². The molecule has 0 aliphatic rings. The number of hydrogen-bond donors (Lipinski definition) is 1. The molecular formula is C24H21NO5S. The van der Waals surface area contributed by atoms with Gasteiger partial charge in [-0.25, -0.2) is 9.78 Å². The molecule has 0 atom stereocenters. The molecular weight excluding hydrogens is 414 g/mol. The number of nitrogens with zero attached hydrogens (tertiary/aromatic N) is 1. The summed E-state index contributed by atoms with van der Waals surface area (Å²) in [5, 5.41) is 11.4. The lowest BCUT2D eigenvalue weighted by molar-refractivity contribution is -0.135. The van der Waals surface area contributed by atoms with Crippen LogP contribution in [-0.2, 0) is 16.0 Å². The molecule has 0 spiro atoms. The highest BCUT2D eigenvalue weighted by Crippen LogP contribution is 2.34. The minimum absolute atomic E-state index is 0.0856. The third kappa shape index (κ3) is 4.46. The van der Waals surface area contributed by atoms with Gasteiger partial charge >= 0.3 is 5.97 Å². The number of benzene rings is 2. The summed E-state index contributed by atoms with van der Waals surface area (Å²) in [5.74, 6) is -2.77. The number of aliphatic carboxylic acids is 1. The zero-order valence-corrected chi connectivity index (χ0v) is 16.8. The van der Waals surface area contributed by atoms with E-state index in [1.807, 2.05) is 0 Å². The Kier molecular flexibility index (Phi) is 3.42. The van der Waals surface area contributed by atoms with Crippen LogP contribution >= 0.6 is 11.3 Å². The summed E-state index contributed by atoms with van der Waals surface area (Å²) in [5.41, 5.74) is -0.356. The molecule has 2 aromatic carbocycles. The Hall–Kier alpha value is -3.58. The fourth-order valence-corrected chi connectivity index (χ4v) is 3.63. The monoisotopic (exact) mass is 445 g/mol. The van der Waals surface area contributed by atoms with Crippen LogP contribution in [-0.4, -0.2) is 29.7 Å². The van der Waals surface area contributed by atoms with Crippen LogP contribution in [0.25, 0.3) is 27.6 Å². The highest BCUT2D eigenvalue weighted by atomic mass is 32.1. The van der Waals surface area contributed by atoms with Crippen molar-refractivity contribution in [2.24, 2.45) is 0 Å². The smallest absolute Gasteiger partial charge is 0.371 e. The molecule has 31 heavy (non-hydrogen) atoms. The molecule has 0 aliphatic carbocycles. The van der Waals surface area contributed by atoms with Gasteiger partial charge in [0.1, 0.15) is 11.5 Å². The van der Waals surface area contributed by atoms with E-state index in [2.05, 4.69) is 4.98 Å². The van der Waals surface area contributed by atoms with Crippen molar-refractivity contribution in [2.45, 2.75) is 13.3 Å². The van der Waals surface area contributed by atoms with E-state index < -0.39 is 73.2 Å². The number of carbonyl (C=O) groups is 1. The summed E-state index contributed by atoms with van der Waals surface area (Å²) in [6.07, 6.45) is 0.584. The van der Waals surface area contributed by atoms with Gasteiger partial charge in [0.15, 0.2) is 0 Å². The molecule has 0 unspecified atom stereocenters. The van der Waals surface area contributed by atoms with Crippen LogP contribution in [0.4, 0.5) is 0 Å². The van der Waals surface area contributed by atoms with Gasteiger partial charge in [-0.3, -0.25) is 0 Å². The van der Waals surface area contributed by atoms with Crippen molar-refractivity contribution in [3.63, 3.8) is 0 Å². The van der Waals surface area contributed by atoms with Gasteiger partial charge in [0.2, 0.25) is 11.6 Å². The minimum Gasteiger partial charge on any atom is -0.493 e. The molecule has 1 N–H and O–H groups in total. The molecule has 2 heterocycles. The predicted octanol–water partition coefficient (Wildman–Crippen LogP) is 5.56. The highest BCUT2D eigenvalue weighted by Gasteiger charge is 2.14. The first-order valence-electron chi connectivity index (χ1n) is 13.8. The van der Waals surface area contributed by atoms with E-state index in [-0.39, 0.29) is 17.2 Å². The summed E-state index contributed by atoms with van der Waals surface area (Å²) in [6, 6.07) is 1.28. The van der Waals surface area contributed by atoms with E-state index in [0.717, 1.165) is 0 Å². The van der Waals surface area contributed by atoms with Crippen LogP contribution in [0.1, 0.15) is 30.7 Å². The van der Waals surface area contributed by atoms with Crippen molar-refractivity contribution in [2.75, 3.05) is 13.7 Å². The van der Waals surface area contributed by atoms with E-state index in [1.165, 1.54) is 36.7 Å². The maximum atomic E-state index is 11.3. The molecule has 158 valence electrons. The van der Waals surface area contributed by atoms with E-state index in [4.69, 9.17) is 27.6 Å². The van der Waals surface area contributed by atoms with Crippen molar-refractivity contribution in [1.82, 2.24) is 4.98 Å². The minimum atomic E-state index is -2.91. The van der Waals surface area contributed by atoms with Crippen molar-refractivity contribution in [1.29, 1.82) is 0 Å². The number of oxazole rings is 1. The first-order chi connectivity index (χ1) is 19.1. The van der Waals surface area contributed by atoms with E-state index in [9.17, 15) is 9.90 Å². The molecule has 2 aromatic heterocycles. The SMILES string of the molecule is [2H]c1c([2H])c([2H])c(-c2nc(CC([2H])([2H])Oc3ccc(/C=C(\OC)C(=O)O)c4sccc34)c(C([2H])([2H])[2H])o2)c([2H])c1[2H]. The van der Waals surface area contributed by atoms with E-state index >= 15 is 0 Å². The van der Waals surface area contributed by atoms with E-state index in [1.54, 1.807) is 11.4 Å². The van der Waals surface area contributed by atoms with Crippen LogP contribution in [0.3, 0.4) is 0 Å². The Morgan fingerprint density at radius 2 is 2.19 bits per heavy atom. The summed E-state index contributed by atoms with van der Waals surface area (Å²) in [7, 11) is 1.22. The van der Waals surface area contributed by atoms with Gasteiger partial charge in [-0.1, -0.05) is 18.1 Å². The number of hydrogen-bond acceptors (Lipinski definition) is 6. The molecule has 0 aliphatic heterocycles. The second-order valence-electron chi connectivity index (χ2n) is 6.05. The van der Waals surface area contributed by atoms with Gasteiger partial charge in [-0.2, -0.15) is 0 Å². The normalized spacial score (nSPS) is 17.1. The third-order valence-electron chi connectivity index (χ3n) is 4.16. The van der Waals surface area contributed by atoms with Gasteiger partial charge in [-0.15, -0.1) is 11.3 Å². The number of methoxy groups -OCH3 is 1. The zero-order chi connectivity index (χ0) is 30.4. The Balaban J connectivity index is 1.73. The molecule has 0 saturated carbocycles. The summed E-state index contributed by atoms with van der Waals surface area (Å²) < 4.78 is 96.8. The number of aromatic nitrogens is 1. The second-order valence-corrected chi connectivity index (χ2v) is 6.97. The third-order valence-corrected chi connectivity index (χ3v) is 5.12. The first kappa shape index (κ1) is 11.7. The summed E-state index contributed by atoms with van der Waals surface area (Å²) >= 11 is 1.26. The number of rotatable bonds is 8. The Morgan fingerprint density at radius 1 is 1.35 bits per heavy atom. The van der Waals surface area contributed by atoms with Crippen molar-refractivity contribution < 1.29 is 37.5 Å². The maximum absolute atomic E-state index is 11.3. The second kappa shape index (κ2) is 9.06. The van der Waals surface area contributed by atoms with E-state index in [0.29, 0.717) is 15.6 Å². The highest BCUT2D eigenvalue weighted by molar-refractivity contribution is 7.17. The van der Waals surface area contributed by atoms with Crippen LogP contribution < -0.4 is 4.74 Å². The lowest BCUT2D eigenvalue weighted by atomic mass is 10.1. The lowest BCUT2D eigenvalue weighted by Gasteiger charge is -2.09. The quantitative estimate of drug-likeness (QED) is 0.282. The standard InChI is InChI=1S/C24H21NO5S/c1-15-19(25-23(30-15)16-6-4-3-5-7-16)10-12-29-20-9-8-17(14-21(28-2)24(26)27)22-18(20)11-13-31-22/h3-9,11,13-14H,10,12H2,1-2H3,(H,26,27)/b21-14-/i1D3,3D,4D,5D,6D,7D,12D2. The molecule has 0 fully saturated rings. The lowest BCUT2D eigenvalue weighted by Crippen LogP contribution is -2.03. The maximum Gasteiger partial charge on any atom is 0.371 e. The Labute approximate surface area is 197 Å². The Morgan fingerprint density at radius 3 is 2.94 bits per heavy atom. The molecule has 7 heteroatoms. The topological polar surface area (TPSA) is 81.8 Å². The molecule has 4 aromatic rings. The first-order valence-corrected chi connectivity index (χ1v) is 9.69. The van der Waals surface area contributed by atoms with Crippen molar-refractivity contribution in [3.8, 4) is 17.2 Å². The van der Waals surface area contributed by atoms with Crippen molar-refractivity contribution in [3.05, 3.63) is 76.6 Å². The van der Waals surface area contributed by atoms with Crippen LogP contribution in [0.2, 0.25) is 0 Å².